The fourth-order valence-corrected chi connectivity index (χ4v) is 3.36. The van der Waals surface area contributed by atoms with E-state index in [1.165, 1.54) is 6.07 Å². The molecular formula is C22H33FN4O5. The Morgan fingerprint density at radius 2 is 2.03 bits per heavy atom. The molecule has 0 fully saturated rings. The minimum absolute atomic E-state index is 0.0755. The molecule has 0 saturated carbocycles. The van der Waals surface area contributed by atoms with Crippen molar-refractivity contribution in [1.82, 2.24) is 9.78 Å². The van der Waals surface area contributed by atoms with Gasteiger partial charge in [0.15, 0.2) is 5.82 Å². The molecule has 0 aliphatic rings. The van der Waals surface area contributed by atoms with Crippen molar-refractivity contribution in [3.63, 3.8) is 0 Å². The number of rotatable bonds is 11. The predicted molar refractivity (Wildman–Crippen MR) is 120 cm³/mol. The van der Waals surface area contributed by atoms with Gasteiger partial charge < -0.3 is 25.2 Å². The molecule has 1 aromatic carbocycles. The van der Waals surface area contributed by atoms with Crippen molar-refractivity contribution in [2.75, 3.05) is 29.9 Å². The van der Waals surface area contributed by atoms with Crippen LogP contribution in [0.2, 0.25) is 0 Å². The molecule has 2 aromatic rings. The summed E-state index contributed by atoms with van der Waals surface area (Å²) in [5.74, 6) is -1.43. The highest BCUT2D eigenvalue weighted by molar-refractivity contribution is 5.92. The van der Waals surface area contributed by atoms with E-state index in [-0.39, 0.29) is 25.8 Å². The largest absolute Gasteiger partial charge is 0.481 e. The van der Waals surface area contributed by atoms with Crippen LogP contribution < -0.4 is 10.2 Å². The highest BCUT2D eigenvalue weighted by Gasteiger charge is 2.21. The number of carboxylic acids is 1. The number of nitrogens with one attached hydrogen (secondary N) is 1. The van der Waals surface area contributed by atoms with Crippen molar-refractivity contribution in [1.29, 1.82) is 0 Å². The smallest absolute Gasteiger partial charge is 0.308 e. The summed E-state index contributed by atoms with van der Waals surface area (Å²) in [6, 6.07) is 3.06. The van der Waals surface area contributed by atoms with Crippen molar-refractivity contribution in [3.05, 3.63) is 17.9 Å². The summed E-state index contributed by atoms with van der Waals surface area (Å²) in [5.41, 5.74) is 0.437. The lowest BCUT2D eigenvalue weighted by Gasteiger charge is -2.25. The van der Waals surface area contributed by atoms with Gasteiger partial charge >= 0.3 is 11.9 Å². The van der Waals surface area contributed by atoms with Crippen LogP contribution in [-0.2, 0) is 21.4 Å². The molecule has 1 aromatic heterocycles. The summed E-state index contributed by atoms with van der Waals surface area (Å²) in [6.45, 7) is 8.21. The number of carbonyl (C=O) groups is 2. The molecule has 1 atom stereocenters. The molecule has 0 amide bonds. The number of carboxylic acid groups (broad SMARTS) is 1. The molecule has 3 N–H and O–H groups in total. The Bertz CT molecular complexity index is 954. The van der Waals surface area contributed by atoms with Crippen LogP contribution in [0.1, 0.15) is 47.0 Å². The average molecular weight is 453 g/mol. The maximum absolute atomic E-state index is 15.0. The average Bonchev–Trinajstić information content (AvgIpc) is 2.95. The Morgan fingerprint density at radius 3 is 2.62 bits per heavy atom. The van der Waals surface area contributed by atoms with E-state index in [9.17, 15) is 19.1 Å². The van der Waals surface area contributed by atoms with Gasteiger partial charge in [-0.2, -0.15) is 5.10 Å². The van der Waals surface area contributed by atoms with E-state index in [4.69, 9.17) is 9.84 Å². The topological polar surface area (TPSA) is 117 Å². The number of benzene rings is 1. The van der Waals surface area contributed by atoms with Crippen LogP contribution in [0.5, 0.6) is 0 Å². The summed E-state index contributed by atoms with van der Waals surface area (Å²) in [6.07, 6.45) is -0.817. The second kappa shape index (κ2) is 10.6. The van der Waals surface area contributed by atoms with E-state index < -0.39 is 29.5 Å². The molecule has 32 heavy (non-hydrogen) atoms. The number of fused-ring (bicyclic) bond motifs is 1. The summed E-state index contributed by atoms with van der Waals surface area (Å²) < 4.78 is 21.8. The molecule has 1 heterocycles. The number of ether oxygens (including phenoxy) is 1. The summed E-state index contributed by atoms with van der Waals surface area (Å²) >= 11 is 0. The monoisotopic (exact) mass is 452 g/mol. The Morgan fingerprint density at radius 1 is 1.34 bits per heavy atom. The number of carbonyl (C=O) groups excluding carboxylic acids is 1. The third-order valence-corrected chi connectivity index (χ3v) is 4.83. The quantitative estimate of drug-likeness (QED) is 0.446. The highest BCUT2D eigenvalue weighted by Crippen LogP contribution is 2.30. The van der Waals surface area contributed by atoms with Crippen molar-refractivity contribution >= 4 is 34.3 Å². The first-order valence-corrected chi connectivity index (χ1v) is 10.7. The van der Waals surface area contributed by atoms with Crippen LogP contribution in [0.3, 0.4) is 0 Å². The fraction of sp³-hybridized carbons (Fsp3) is 0.591. The van der Waals surface area contributed by atoms with Crippen LogP contribution in [0.4, 0.5) is 15.9 Å². The van der Waals surface area contributed by atoms with Gasteiger partial charge in [0.25, 0.3) is 0 Å². The summed E-state index contributed by atoms with van der Waals surface area (Å²) in [7, 11) is 1.73. The second-order valence-corrected chi connectivity index (χ2v) is 8.68. The Kier molecular flexibility index (Phi) is 8.43. The summed E-state index contributed by atoms with van der Waals surface area (Å²) in [4.78, 5) is 24.4. The van der Waals surface area contributed by atoms with Crippen LogP contribution in [0.15, 0.2) is 12.1 Å². The van der Waals surface area contributed by atoms with Gasteiger partial charge in [-0.15, -0.1) is 0 Å². The molecule has 10 heteroatoms. The van der Waals surface area contributed by atoms with Crippen LogP contribution in [-0.4, -0.2) is 63.3 Å². The number of hydrogen-bond acceptors (Lipinski definition) is 7. The number of esters is 1. The standard InChI is InChI=1S/C22H33FN4O5/c1-6-27(10-8-14(28)11-20(31)32-22(2,3)4)18-13-17-15(12-16(18)23)21(25-26(17)5)24-9-7-19(29)30/h12-14,28H,6-11H2,1-5H3,(H,24,25)(H,29,30). The van der Waals surface area contributed by atoms with Gasteiger partial charge in [0.05, 0.1) is 30.1 Å². The highest BCUT2D eigenvalue weighted by atomic mass is 19.1. The molecule has 178 valence electrons. The fourth-order valence-electron chi connectivity index (χ4n) is 3.36. The van der Waals surface area contributed by atoms with Crippen LogP contribution in [0, 0.1) is 5.82 Å². The van der Waals surface area contributed by atoms with Crippen molar-refractivity contribution < 1.29 is 28.9 Å². The van der Waals surface area contributed by atoms with Crippen molar-refractivity contribution in [3.8, 4) is 0 Å². The zero-order chi connectivity index (χ0) is 24.1. The van der Waals surface area contributed by atoms with Crippen LogP contribution >= 0.6 is 0 Å². The molecular weight excluding hydrogens is 419 g/mol. The normalized spacial score (nSPS) is 12.6. The van der Waals surface area contributed by atoms with Gasteiger partial charge in [-0.05, 0) is 46.2 Å². The molecule has 9 nitrogen and oxygen atoms in total. The maximum atomic E-state index is 15.0. The molecule has 1 unspecified atom stereocenters. The van der Waals surface area contributed by atoms with Gasteiger partial charge in [-0.1, -0.05) is 0 Å². The molecule has 0 saturated heterocycles. The lowest BCUT2D eigenvalue weighted by atomic mass is 10.1. The number of aryl methyl sites for hydroxylation is 1. The van der Waals surface area contributed by atoms with Gasteiger partial charge in [0.1, 0.15) is 11.4 Å². The van der Waals surface area contributed by atoms with E-state index in [2.05, 4.69) is 10.4 Å². The Hall–Kier alpha value is -2.88. The second-order valence-electron chi connectivity index (χ2n) is 8.68. The first-order chi connectivity index (χ1) is 14.9. The van der Waals surface area contributed by atoms with Crippen LogP contribution in [0.25, 0.3) is 10.9 Å². The number of aromatic nitrogens is 2. The van der Waals surface area contributed by atoms with Crippen molar-refractivity contribution in [2.24, 2.45) is 7.05 Å². The van der Waals surface area contributed by atoms with E-state index >= 15 is 0 Å². The molecule has 0 spiro atoms. The number of anilines is 2. The predicted octanol–water partition coefficient (Wildman–Crippen LogP) is 2.91. The lowest BCUT2D eigenvalue weighted by molar-refractivity contribution is -0.157. The third kappa shape index (κ3) is 7.08. The zero-order valence-corrected chi connectivity index (χ0v) is 19.3. The van der Waals surface area contributed by atoms with Gasteiger partial charge in [0.2, 0.25) is 0 Å². The number of nitrogens with zero attached hydrogens (tertiary/aromatic N) is 3. The SMILES string of the molecule is CCN(CCC(O)CC(=O)OC(C)(C)C)c1cc2c(cc1F)c(NCCC(=O)O)nn2C. The first kappa shape index (κ1) is 25.4. The molecule has 2 rings (SSSR count). The minimum atomic E-state index is -0.932. The minimum Gasteiger partial charge on any atom is -0.481 e. The van der Waals surface area contributed by atoms with Gasteiger partial charge in [0, 0.05) is 32.1 Å². The molecule has 0 aliphatic carbocycles. The molecule has 0 radical (unpaired) electrons. The maximum Gasteiger partial charge on any atom is 0.308 e. The third-order valence-electron chi connectivity index (χ3n) is 4.83. The van der Waals surface area contributed by atoms with Gasteiger partial charge in [-0.3, -0.25) is 14.3 Å². The van der Waals surface area contributed by atoms with E-state index in [1.807, 2.05) is 6.92 Å². The number of aliphatic carboxylic acids is 1. The Labute approximate surface area is 187 Å². The number of aliphatic hydroxyl groups excluding tert-OH is 1. The lowest BCUT2D eigenvalue weighted by Crippen LogP contribution is -2.30. The Balaban J connectivity index is 2.11. The zero-order valence-electron chi connectivity index (χ0n) is 19.3. The van der Waals surface area contributed by atoms with Gasteiger partial charge in [-0.25, -0.2) is 4.39 Å². The summed E-state index contributed by atoms with van der Waals surface area (Å²) in [5, 5.41) is 26.8. The van der Waals surface area contributed by atoms with E-state index in [1.54, 1.807) is 43.5 Å². The number of halogens is 1. The number of hydrogen-bond donors (Lipinski definition) is 3. The first-order valence-electron chi connectivity index (χ1n) is 10.7. The molecule has 0 bridgehead atoms. The van der Waals surface area contributed by atoms with E-state index in [0.29, 0.717) is 35.5 Å². The molecule has 0 aliphatic heterocycles. The number of aliphatic hydroxyl groups is 1. The van der Waals surface area contributed by atoms with Crippen molar-refractivity contribution in [2.45, 2.75) is 58.7 Å². The van der Waals surface area contributed by atoms with E-state index in [0.717, 1.165) is 0 Å².